The number of carbonyl (C=O) groups is 4. The van der Waals surface area contributed by atoms with Gasteiger partial charge in [0.2, 0.25) is 11.8 Å². The predicted molar refractivity (Wildman–Crippen MR) is 147 cm³/mol. The molecule has 0 aromatic heterocycles. The fourth-order valence-electron chi connectivity index (χ4n) is 4.74. The topological polar surface area (TPSA) is 127 Å². The molecule has 0 aliphatic carbocycles. The lowest BCUT2D eigenvalue weighted by Gasteiger charge is -2.27. The molecule has 2 aliphatic heterocycles. The first-order chi connectivity index (χ1) is 19.2. The second-order valence-corrected chi connectivity index (χ2v) is 11.6. The van der Waals surface area contributed by atoms with Crippen LogP contribution in [0.5, 0.6) is 0 Å². The number of rotatable bonds is 11. The van der Waals surface area contributed by atoms with Gasteiger partial charge in [-0.3, -0.25) is 33.6 Å². The molecule has 2 heterocycles. The van der Waals surface area contributed by atoms with E-state index in [2.05, 4.69) is 17.2 Å². The van der Waals surface area contributed by atoms with E-state index < -0.39 is 39.8 Å². The molecular weight excluding hydrogens is 532 g/mol. The van der Waals surface area contributed by atoms with Gasteiger partial charge in [-0.15, -0.1) is 0 Å². The lowest BCUT2D eigenvalue weighted by Crippen LogP contribution is -2.54. The first-order valence-electron chi connectivity index (χ1n) is 13.5. The highest BCUT2D eigenvalue weighted by molar-refractivity contribution is 7.86. The van der Waals surface area contributed by atoms with Crippen molar-refractivity contribution in [1.82, 2.24) is 10.2 Å². The van der Waals surface area contributed by atoms with Gasteiger partial charge in [0.25, 0.3) is 21.9 Å². The van der Waals surface area contributed by atoms with Crippen LogP contribution in [0.3, 0.4) is 0 Å². The number of nitrogens with zero attached hydrogens (tertiary/aromatic N) is 1. The number of carbonyl (C=O) groups excluding carboxylic acids is 4. The van der Waals surface area contributed by atoms with Gasteiger partial charge < -0.3 is 0 Å². The Morgan fingerprint density at radius 2 is 1.62 bits per heavy atom. The quantitative estimate of drug-likeness (QED) is 0.190. The summed E-state index contributed by atoms with van der Waals surface area (Å²) in [6.45, 7) is 2.05. The van der Waals surface area contributed by atoms with Crippen molar-refractivity contribution in [2.75, 3.05) is 6.61 Å². The molecule has 2 aliphatic rings. The number of piperidine rings is 1. The molecule has 1 atom stereocenters. The second kappa shape index (κ2) is 13.0. The third-order valence-electron chi connectivity index (χ3n) is 6.94. The Morgan fingerprint density at radius 3 is 2.35 bits per heavy atom. The minimum Gasteiger partial charge on any atom is -0.295 e. The Hall–Kier alpha value is -3.81. The molecule has 4 rings (SSSR count). The second-order valence-electron chi connectivity index (χ2n) is 9.94. The summed E-state index contributed by atoms with van der Waals surface area (Å²) in [6, 6.07) is 10.5. The lowest BCUT2D eigenvalue weighted by molar-refractivity contribution is -0.136. The molecule has 210 valence electrons. The first-order valence-corrected chi connectivity index (χ1v) is 14.9. The molecule has 40 heavy (non-hydrogen) atoms. The maximum Gasteiger partial charge on any atom is 0.296 e. The van der Waals surface area contributed by atoms with E-state index in [0.29, 0.717) is 18.4 Å². The molecule has 0 radical (unpaired) electrons. The molecule has 2 aromatic rings. The summed E-state index contributed by atoms with van der Waals surface area (Å²) in [6.07, 6.45) is 6.11. The summed E-state index contributed by atoms with van der Waals surface area (Å²) in [5.41, 5.74) is 1.86. The molecular formula is C30H32N2O7S. The lowest BCUT2D eigenvalue weighted by atomic mass is 10.0. The SMILES string of the molecule is Cc1ccc(S(=O)(=O)OCCCCCCCCC#Cc2cccc3c2C(=O)N(C2CCC(=O)NC2=O)C3=O)cc1. The number of nitrogens with one attached hydrogen (secondary N) is 1. The summed E-state index contributed by atoms with van der Waals surface area (Å²) in [5, 5.41) is 2.19. The number of unbranched alkanes of at least 4 members (excludes halogenated alkanes) is 6. The smallest absolute Gasteiger partial charge is 0.295 e. The number of benzene rings is 2. The largest absolute Gasteiger partial charge is 0.296 e. The van der Waals surface area contributed by atoms with E-state index in [1.165, 1.54) is 0 Å². The highest BCUT2D eigenvalue weighted by Gasteiger charge is 2.45. The summed E-state index contributed by atoms with van der Waals surface area (Å²) in [4.78, 5) is 50.8. The van der Waals surface area contributed by atoms with E-state index in [0.717, 1.165) is 42.6 Å². The Labute approximate surface area is 234 Å². The van der Waals surface area contributed by atoms with Gasteiger partial charge in [-0.2, -0.15) is 8.42 Å². The van der Waals surface area contributed by atoms with Crippen molar-refractivity contribution in [2.45, 2.75) is 75.6 Å². The Kier molecular flexibility index (Phi) is 9.50. The van der Waals surface area contributed by atoms with Crippen LogP contribution < -0.4 is 5.32 Å². The van der Waals surface area contributed by atoms with E-state index in [1.807, 2.05) is 6.92 Å². The van der Waals surface area contributed by atoms with Crippen LogP contribution in [-0.2, 0) is 23.9 Å². The minimum absolute atomic E-state index is 0.0696. The van der Waals surface area contributed by atoms with E-state index in [-0.39, 0.29) is 35.5 Å². The van der Waals surface area contributed by atoms with Crippen LogP contribution in [0.15, 0.2) is 47.4 Å². The Morgan fingerprint density at radius 1 is 0.925 bits per heavy atom. The standard InChI is InChI=1S/C30H32N2O7S/c1-21-14-16-23(17-15-21)40(37,38)39-20-9-7-5-3-2-4-6-8-11-22-12-10-13-24-27(22)30(36)32(29(24)35)25-18-19-26(33)31-28(25)34/h10,12-17,25H,2-7,9,18-20H2,1H3,(H,31,33,34). The van der Waals surface area contributed by atoms with E-state index in [4.69, 9.17) is 4.18 Å². The molecule has 0 spiro atoms. The van der Waals surface area contributed by atoms with Gasteiger partial charge in [-0.1, -0.05) is 61.3 Å². The van der Waals surface area contributed by atoms with Gasteiger partial charge in [-0.05, 0) is 50.5 Å². The summed E-state index contributed by atoms with van der Waals surface area (Å²) >= 11 is 0. The third-order valence-corrected chi connectivity index (χ3v) is 8.26. The number of aryl methyl sites for hydroxylation is 1. The fourth-order valence-corrected chi connectivity index (χ4v) is 5.68. The summed E-state index contributed by atoms with van der Waals surface area (Å²) < 4.78 is 29.5. The van der Waals surface area contributed by atoms with E-state index in [9.17, 15) is 27.6 Å². The zero-order valence-corrected chi connectivity index (χ0v) is 23.2. The highest BCUT2D eigenvalue weighted by atomic mass is 32.2. The average Bonchev–Trinajstić information content (AvgIpc) is 3.17. The third kappa shape index (κ3) is 6.84. The van der Waals surface area contributed by atoms with E-state index in [1.54, 1.807) is 42.5 Å². The van der Waals surface area contributed by atoms with Crippen LogP contribution >= 0.6 is 0 Å². The van der Waals surface area contributed by atoms with Crippen LogP contribution in [0.25, 0.3) is 0 Å². The van der Waals surface area contributed by atoms with Crippen molar-refractivity contribution in [3.8, 4) is 11.8 Å². The van der Waals surface area contributed by atoms with Crippen molar-refractivity contribution in [2.24, 2.45) is 0 Å². The molecule has 9 nitrogen and oxygen atoms in total. The number of hydrogen-bond donors (Lipinski definition) is 1. The van der Waals surface area contributed by atoms with Crippen molar-refractivity contribution in [3.05, 3.63) is 64.7 Å². The van der Waals surface area contributed by atoms with Gasteiger partial charge >= 0.3 is 0 Å². The van der Waals surface area contributed by atoms with Crippen LogP contribution in [0.2, 0.25) is 0 Å². The molecule has 1 N–H and O–H groups in total. The number of amides is 4. The zero-order valence-electron chi connectivity index (χ0n) is 22.4. The van der Waals surface area contributed by atoms with Gasteiger partial charge in [0.15, 0.2) is 0 Å². The zero-order chi connectivity index (χ0) is 28.7. The van der Waals surface area contributed by atoms with Crippen LogP contribution in [-0.4, -0.2) is 49.6 Å². The van der Waals surface area contributed by atoms with Gasteiger partial charge in [0.1, 0.15) is 6.04 Å². The predicted octanol–water partition coefficient (Wildman–Crippen LogP) is 3.88. The van der Waals surface area contributed by atoms with Crippen LogP contribution in [0.4, 0.5) is 0 Å². The molecule has 1 unspecified atom stereocenters. The monoisotopic (exact) mass is 564 g/mol. The number of hydrogen-bond acceptors (Lipinski definition) is 7. The van der Waals surface area contributed by atoms with Gasteiger partial charge in [0.05, 0.1) is 22.6 Å². The molecule has 0 saturated carbocycles. The summed E-state index contributed by atoms with van der Waals surface area (Å²) in [5.74, 6) is 3.93. The van der Waals surface area contributed by atoms with Gasteiger partial charge in [-0.25, -0.2) is 0 Å². The number of imide groups is 2. The van der Waals surface area contributed by atoms with Crippen molar-refractivity contribution in [3.63, 3.8) is 0 Å². The Balaban J connectivity index is 1.18. The van der Waals surface area contributed by atoms with E-state index >= 15 is 0 Å². The molecule has 1 saturated heterocycles. The molecule has 0 bridgehead atoms. The first kappa shape index (κ1) is 29.2. The molecule has 2 aromatic carbocycles. The fraction of sp³-hybridized carbons (Fsp3) is 0.400. The highest BCUT2D eigenvalue weighted by Crippen LogP contribution is 2.29. The van der Waals surface area contributed by atoms with Crippen LogP contribution in [0, 0.1) is 18.8 Å². The van der Waals surface area contributed by atoms with Crippen molar-refractivity contribution >= 4 is 33.7 Å². The van der Waals surface area contributed by atoms with Crippen molar-refractivity contribution < 1.29 is 31.8 Å². The van der Waals surface area contributed by atoms with Gasteiger partial charge in [0, 0.05) is 18.4 Å². The normalized spacial score (nSPS) is 16.9. The Bertz CT molecular complexity index is 1470. The average molecular weight is 565 g/mol. The minimum atomic E-state index is -3.72. The molecule has 10 heteroatoms. The summed E-state index contributed by atoms with van der Waals surface area (Å²) in [7, 11) is -3.72. The number of fused-ring (bicyclic) bond motifs is 1. The van der Waals surface area contributed by atoms with Crippen LogP contribution in [0.1, 0.15) is 89.6 Å². The van der Waals surface area contributed by atoms with Crippen molar-refractivity contribution in [1.29, 1.82) is 0 Å². The maximum atomic E-state index is 13.1. The molecule has 4 amide bonds. The molecule has 1 fully saturated rings. The maximum absolute atomic E-state index is 13.1.